The van der Waals surface area contributed by atoms with Crippen LogP contribution in [0.3, 0.4) is 0 Å². The molecule has 0 bridgehead atoms. The van der Waals surface area contributed by atoms with Crippen LogP contribution in [0.1, 0.15) is 0 Å². The fraction of sp³-hybridized carbons (Fsp3) is 0.0667. The first-order valence-electron chi connectivity index (χ1n) is 6.72. The molecular weight excluding hydrogens is 369 g/mol. The second kappa shape index (κ2) is 6.80. The van der Waals surface area contributed by atoms with E-state index in [4.69, 9.17) is 28.9 Å². The molecule has 9 heteroatoms. The van der Waals surface area contributed by atoms with Crippen LogP contribution in [0.4, 0.5) is 10.6 Å². The Labute approximate surface area is 151 Å². The van der Waals surface area contributed by atoms with Gasteiger partial charge in [0.15, 0.2) is 10.8 Å². The largest absolute Gasteiger partial charge is 0.351 e. The van der Waals surface area contributed by atoms with Crippen LogP contribution in [0.2, 0.25) is 10.0 Å². The number of nitrogens with two attached hydrogens (primary N) is 1. The van der Waals surface area contributed by atoms with Gasteiger partial charge in [0.05, 0.1) is 10.0 Å². The number of fused-ring (bicyclic) bond motifs is 1. The lowest BCUT2D eigenvalue weighted by Crippen LogP contribution is -2.20. The first-order chi connectivity index (χ1) is 11.5. The number of benzene rings is 1. The van der Waals surface area contributed by atoms with Gasteiger partial charge in [-0.2, -0.15) is 0 Å². The van der Waals surface area contributed by atoms with Crippen molar-refractivity contribution < 1.29 is 4.79 Å². The van der Waals surface area contributed by atoms with Gasteiger partial charge in [-0.3, -0.25) is 5.32 Å². The number of nitrogens with zero attached hydrogens (tertiary/aromatic N) is 3. The summed E-state index contributed by atoms with van der Waals surface area (Å²) in [7, 11) is 0. The van der Waals surface area contributed by atoms with Crippen molar-refractivity contribution >= 4 is 57.8 Å². The second-order valence-electron chi connectivity index (χ2n) is 4.74. The van der Waals surface area contributed by atoms with E-state index in [2.05, 4.69) is 20.3 Å². The van der Waals surface area contributed by atoms with E-state index in [1.165, 1.54) is 11.8 Å². The fourth-order valence-corrected chi connectivity index (χ4v) is 3.14. The Morgan fingerprint density at radius 3 is 2.58 bits per heavy atom. The van der Waals surface area contributed by atoms with Gasteiger partial charge in [0.25, 0.3) is 0 Å². The molecule has 0 aliphatic rings. The number of anilines is 1. The minimum atomic E-state index is -0.745. The van der Waals surface area contributed by atoms with E-state index < -0.39 is 6.03 Å². The summed E-state index contributed by atoms with van der Waals surface area (Å²) in [6.07, 6.45) is 3.52. The average Bonchev–Trinajstić information content (AvgIpc) is 2.54. The van der Waals surface area contributed by atoms with E-state index in [9.17, 15) is 4.79 Å². The number of carbonyl (C=O) groups is 1. The summed E-state index contributed by atoms with van der Waals surface area (Å²) in [5.74, 6) is 0.232. The summed E-state index contributed by atoms with van der Waals surface area (Å²) in [6, 6.07) is 6.16. The molecule has 3 N–H and O–H groups in total. The van der Waals surface area contributed by atoms with E-state index in [0.717, 1.165) is 0 Å². The fourth-order valence-electron chi connectivity index (χ4n) is 2.20. The van der Waals surface area contributed by atoms with Gasteiger partial charge in [-0.15, -0.1) is 0 Å². The highest BCUT2D eigenvalue weighted by Crippen LogP contribution is 2.39. The topological polar surface area (TPSA) is 93.8 Å². The van der Waals surface area contributed by atoms with Crippen LogP contribution >= 0.6 is 35.0 Å². The monoisotopic (exact) mass is 379 g/mol. The molecule has 1 aromatic carbocycles. The van der Waals surface area contributed by atoms with Crippen molar-refractivity contribution in [2.45, 2.75) is 5.16 Å². The molecule has 122 valence electrons. The zero-order valence-corrected chi connectivity index (χ0v) is 14.7. The van der Waals surface area contributed by atoms with Crippen molar-refractivity contribution in [1.82, 2.24) is 15.0 Å². The molecule has 3 aromatic rings. The number of primary amides is 1. The molecule has 2 aromatic heterocycles. The Kier molecular flexibility index (Phi) is 4.75. The predicted octanol–water partition coefficient (Wildman–Crippen LogP) is 4.21. The van der Waals surface area contributed by atoms with E-state index in [1.54, 1.807) is 30.5 Å². The number of pyridine rings is 1. The Bertz CT molecular complexity index is 930. The molecule has 0 spiro atoms. The number of hydrogen-bond acceptors (Lipinski definition) is 5. The maximum absolute atomic E-state index is 11.3. The summed E-state index contributed by atoms with van der Waals surface area (Å²) in [5, 5.41) is 4.62. The lowest BCUT2D eigenvalue weighted by Gasteiger charge is -2.13. The van der Waals surface area contributed by atoms with Crippen LogP contribution in [0, 0.1) is 0 Å². The quantitative estimate of drug-likeness (QED) is 0.524. The summed E-state index contributed by atoms with van der Waals surface area (Å²) >= 11 is 14.0. The van der Waals surface area contributed by atoms with Crippen LogP contribution in [0.15, 0.2) is 35.6 Å². The number of rotatable bonds is 3. The minimum Gasteiger partial charge on any atom is -0.351 e. The normalized spacial score (nSPS) is 10.8. The number of thioether (sulfide) groups is 1. The van der Waals surface area contributed by atoms with Crippen LogP contribution in [0.25, 0.3) is 22.2 Å². The number of amides is 2. The van der Waals surface area contributed by atoms with Crippen LogP contribution in [0.5, 0.6) is 0 Å². The molecule has 0 aliphatic heterocycles. The number of carbonyl (C=O) groups excluding carboxylic acids is 1. The molecule has 0 saturated carbocycles. The number of halogens is 2. The molecule has 2 heterocycles. The van der Waals surface area contributed by atoms with Gasteiger partial charge in [-0.05, 0) is 24.5 Å². The van der Waals surface area contributed by atoms with Crippen LogP contribution in [-0.4, -0.2) is 27.2 Å². The SMILES string of the molecule is CSc1ncc2cc(-c3c(Cl)cccc3Cl)c(NC(N)=O)nc2n1. The second-order valence-corrected chi connectivity index (χ2v) is 6.33. The van der Waals surface area contributed by atoms with Crippen molar-refractivity contribution in [1.29, 1.82) is 0 Å². The maximum atomic E-state index is 11.3. The molecule has 24 heavy (non-hydrogen) atoms. The standard InChI is InChI=1S/C15H11Cl2N5OS/c1-24-15-19-6-7-5-8(11-9(16)3-2-4-10(11)17)13(21-14(18)23)20-12(7)22-15/h2-6H,1H3,(H3,18,19,20,21,22,23). The molecule has 0 unspecified atom stereocenters. The number of hydrogen-bond donors (Lipinski definition) is 2. The van der Waals surface area contributed by atoms with E-state index >= 15 is 0 Å². The van der Waals surface area contributed by atoms with Gasteiger partial charge < -0.3 is 5.73 Å². The Hall–Kier alpha value is -2.09. The molecular formula is C15H11Cl2N5OS. The van der Waals surface area contributed by atoms with Crippen molar-refractivity contribution in [3.8, 4) is 11.1 Å². The molecule has 0 radical (unpaired) electrons. The third kappa shape index (κ3) is 3.24. The van der Waals surface area contributed by atoms with Gasteiger partial charge >= 0.3 is 6.03 Å². The van der Waals surface area contributed by atoms with Crippen molar-refractivity contribution in [2.75, 3.05) is 11.6 Å². The van der Waals surface area contributed by atoms with Gasteiger partial charge in [-0.1, -0.05) is 41.0 Å². The molecule has 3 rings (SSSR count). The highest BCUT2D eigenvalue weighted by molar-refractivity contribution is 7.98. The van der Waals surface area contributed by atoms with Crippen molar-refractivity contribution in [3.05, 3.63) is 40.5 Å². The summed E-state index contributed by atoms with van der Waals surface area (Å²) < 4.78 is 0. The minimum absolute atomic E-state index is 0.232. The lowest BCUT2D eigenvalue weighted by molar-refractivity contribution is 0.259. The summed E-state index contributed by atoms with van der Waals surface area (Å²) in [5.41, 5.74) is 6.78. The third-order valence-electron chi connectivity index (χ3n) is 3.20. The summed E-state index contributed by atoms with van der Waals surface area (Å²) in [6.45, 7) is 0. The predicted molar refractivity (Wildman–Crippen MR) is 97.8 cm³/mol. The molecule has 0 fully saturated rings. The molecule has 0 aliphatic carbocycles. The van der Waals surface area contributed by atoms with E-state index in [1.807, 2.05) is 6.26 Å². The Morgan fingerprint density at radius 1 is 1.25 bits per heavy atom. The van der Waals surface area contributed by atoms with Crippen molar-refractivity contribution in [2.24, 2.45) is 5.73 Å². The van der Waals surface area contributed by atoms with Gasteiger partial charge in [0, 0.05) is 22.7 Å². The number of urea groups is 1. The summed E-state index contributed by atoms with van der Waals surface area (Å²) in [4.78, 5) is 24.3. The van der Waals surface area contributed by atoms with E-state index in [-0.39, 0.29) is 5.82 Å². The zero-order chi connectivity index (χ0) is 17.3. The van der Waals surface area contributed by atoms with Gasteiger partial charge in [-0.25, -0.2) is 19.7 Å². The van der Waals surface area contributed by atoms with Crippen LogP contribution < -0.4 is 11.1 Å². The highest BCUT2D eigenvalue weighted by atomic mass is 35.5. The molecule has 0 saturated heterocycles. The third-order valence-corrected chi connectivity index (χ3v) is 4.39. The van der Waals surface area contributed by atoms with E-state index in [0.29, 0.717) is 37.4 Å². The smallest absolute Gasteiger partial charge is 0.317 e. The van der Waals surface area contributed by atoms with Crippen molar-refractivity contribution in [3.63, 3.8) is 0 Å². The molecule has 6 nitrogen and oxygen atoms in total. The molecule has 2 amide bonds. The average molecular weight is 380 g/mol. The lowest BCUT2D eigenvalue weighted by atomic mass is 10.1. The first kappa shape index (κ1) is 16.8. The molecule has 0 atom stereocenters. The zero-order valence-electron chi connectivity index (χ0n) is 12.4. The van der Waals surface area contributed by atoms with Gasteiger partial charge in [0.1, 0.15) is 5.82 Å². The number of nitrogens with one attached hydrogen (secondary N) is 1. The highest BCUT2D eigenvalue weighted by Gasteiger charge is 2.17. The van der Waals surface area contributed by atoms with Gasteiger partial charge in [0.2, 0.25) is 0 Å². The maximum Gasteiger partial charge on any atom is 0.317 e. The van der Waals surface area contributed by atoms with Crippen LogP contribution in [-0.2, 0) is 0 Å². The first-order valence-corrected chi connectivity index (χ1v) is 8.70. The number of aromatic nitrogens is 3. The Morgan fingerprint density at radius 2 is 1.96 bits per heavy atom. The Balaban J connectivity index is 2.30.